The number of carbonyl (C=O) groups excluding carboxylic acids is 3. The largest absolute Gasteiger partial charge is 0.504 e. The van der Waals surface area contributed by atoms with Crippen molar-refractivity contribution in [2.75, 3.05) is 47.0 Å². The summed E-state index contributed by atoms with van der Waals surface area (Å²) in [6.07, 6.45) is 3.99. The highest BCUT2D eigenvalue weighted by molar-refractivity contribution is 7.99. The molecule has 336 valence electrons. The lowest BCUT2D eigenvalue weighted by atomic mass is 9.71. The van der Waals surface area contributed by atoms with E-state index in [2.05, 4.69) is 21.2 Å². The molecule has 2 fully saturated rings. The molecule has 65 heavy (non-hydrogen) atoms. The van der Waals surface area contributed by atoms with Crippen LogP contribution in [0.3, 0.4) is 0 Å². The number of phenols is 1. The number of hydrogen-bond donors (Lipinski definition) is 2. The number of ether oxygens (including phenoxy) is 7. The van der Waals surface area contributed by atoms with Crippen molar-refractivity contribution in [2.24, 2.45) is 0 Å². The summed E-state index contributed by atoms with van der Waals surface area (Å²) >= 11 is 1.46. The quantitative estimate of drug-likeness (QED) is 0.133. The van der Waals surface area contributed by atoms with Gasteiger partial charge in [-0.15, -0.1) is 11.8 Å². The van der Waals surface area contributed by atoms with Crippen molar-refractivity contribution < 1.29 is 52.6 Å². The minimum atomic E-state index is -1.44. The predicted molar refractivity (Wildman–Crippen MR) is 237 cm³/mol. The van der Waals surface area contributed by atoms with Crippen LogP contribution in [0.15, 0.2) is 54.6 Å². The maximum Gasteiger partial charge on any atom is 0.336 e. The van der Waals surface area contributed by atoms with E-state index < -0.39 is 52.9 Å². The molecular weight excluding hydrogens is 853 g/mol. The van der Waals surface area contributed by atoms with Gasteiger partial charge in [0, 0.05) is 59.6 Å². The second-order valence-electron chi connectivity index (χ2n) is 17.2. The third-order valence-electron chi connectivity index (χ3n) is 13.8. The van der Waals surface area contributed by atoms with Crippen LogP contribution in [0.4, 0.5) is 0 Å². The summed E-state index contributed by atoms with van der Waals surface area (Å²) in [5.74, 6) is 0.443. The van der Waals surface area contributed by atoms with Gasteiger partial charge in [-0.3, -0.25) is 19.9 Å². The number of likely N-dealkylation sites (N-methyl/N-ethyl adjacent to an activating group) is 1. The molecule has 15 nitrogen and oxygen atoms in total. The van der Waals surface area contributed by atoms with Crippen LogP contribution < -0.4 is 33.7 Å². The van der Waals surface area contributed by atoms with Crippen LogP contribution in [0.25, 0.3) is 6.08 Å². The van der Waals surface area contributed by atoms with Crippen LogP contribution in [0, 0.1) is 25.2 Å². The number of thioether (sulfide) groups is 1. The molecule has 1 spiro atoms. The molecule has 0 aliphatic carbocycles. The average molecular weight is 901 g/mol. The maximum absolute atomic E-state index is 15.1. The van der Waals surface area contributed by atoms with Crippen LogP contribution in [-0.2, 0) is 37.5 Å². The molecular formula is C49H48N4O11S. The van der Waals surface area contributed by atoms with Crippen LogP contribution in [0.1, 0.15) is 74.3 Å². The number of piperazine rings is 1. The standard InChI is InChI=1S/C49H48N4O11S/c1-24-16-29-17-31-32(20-50)53-33-21-60-48(57)49(30-19-34(58-5)35(18-28(30)14-15-51-49)64-36(55)13-12-27-10-8-7-9-11-27)22-65-47(41(53)40(52(31)4)37(29)42(56)43(24)59-6)39-38(33)46-45(61-23-62-46)25(2)44(39)63-26(3)54/h7-13,16,18-19,31-33,40-41,47,51,56H,14-15,17,21-23H2,1-6H3/b13-12+/t31-,32-,33-,40+,41?,47+,49+/m0/s1. The summed E-state index contributed by atoms with van der Waals surface area (Å²) in [4.78, 5) is 45.7. The highest BCUT2D eigenvalue weighted by Gasteiger charge is 2.62. The molecule has 2 N–H and O–H groups in total. The lowest BCUT2D eigenvalue weighted by Crippen LogP contribution is -2.69. The Kier molecular flexibility index (Phi) is 10.7. The van der Waals surface area contributed by atoms with Crippen molar-refractivity contribution in [1.82, 2.24) is 15.1 Å². The van der Waals surface area contributed by atoms with Gasteiger partial charge in [-0.2, -0.15) is 5.26 Å². The number of nitrogens with one attached hydrogen (secondary N) is 1. The molecule has 0 amide bonds. The molecule has 0 aromatic heterocycles. The summed E-state index contributed by atoms with van der Waals surface area (Å²) < 4.78 is 42.5. The Bertz CT molecular complexity index is 2740. The molecule has 11 rings (SSSR count). The Morgan fingerprint density at radius 1 is 0.985 bits per heavy atom. The van der Waals surface area contributed by atoms with Gasteiger partial charge in [0.1, 0.15) is 18.4 Å². The van der Waals surface area contributed by atoms with Crippen molar-refractivity contribution in [1.29, 1.82) is 5.26 Å². The van der Waals surface area contributed by atoms with Crippen molar-refractivity contribution in [3.05, 3.63) is 105 Å². The normalized spacial score (nSPS) is 26.3. The Morgan fingerprint density at radius 3 is 2.51 bits per heavy atom. The lowest BCUT2D eigenvalue weighted by Gasteiger charge is -2.62. The summed E-state index contributed by atoms with van der Waals surface area (Å²) in [7, 11) is 4.99. The van der Waals surface area contributed by atoms with E-state index >= 15 is 4.79 Å². The first-order valence-corrected chi connectivity index (χ1v) is 22.6. The van der Waals surface area contributed by atoms with Gasteiger partial charge < -0.3 is 38.3 Å². The summed E-state index contributed by atoms with van der Waals surface area (Å²) in [5, 5.41) is 26.4. The fourth-order valence-electron chi connectivity index (χ4n) is 11.1. The number of rotatable bonds is 6. The van der Waals surface area contributed by atoms with E-state index in [-0.39, 0.29) is 42.4 Å². The third-order valence-corrected chi connectivity index (χ3v) is 15.3. The molecule has 7 aliphatic heterocycles. The van der Waals surface area contributed by atoms with Crippen molar-refractivity contribution >= 4 is 35.7 Å². The number of nitrogens with zero attached hydrogens (tertiary/aromatic N) is 3. The van der Waals surface area contributed by atoms with Gasteiger partial charge in [-0.25, -0.2) is 9.59 Å². The predicted octanol–water partition coefficient (Wildman–Crippen LogP) is 5.90. The molecule has 16 heteroatoms. The zero-order valence-corrected chi connectivity index (χ0v) is 37.6. The van der Waals surface area contributed by atoms with Gasteiger partial charge in [0.2, 0.25) is 6.79 Å². The molecule has 1 unspecified atom stereocenters. The number of nitriles is 1. The number of fused-ring (bicyclic) bond motifs is 9. The Morgan fingerprint density at radius 2 is 1.77 bits per heavy atom. The number of phenolic OH excluding ortho intramolecular Hbond substituents is 1. The van der Waals surface area contributed by atoms with E-state index in [1.54, 1.807) is 18.2 Å². The van der Waals surface area contributed by atoms with Gasteiger partial charge in [0.05, 0.1) is 37.6 Å². The fourth-order valence-corrected chi connectivity index (χ4v) is 12.8. The molecule has 0 saturated carbocycles. The summed E-state index contributed by atoms with van der Waals surface area (Å²) in [6.45, 7) is 5.16. The first kappa shape index (κ1) is 42.7. The van der Waals surface area contributed by atoms with E-state index in [4.69, 9.17) is 33.2 Å². The van der Waals surface area contributed by atoms with Crippen LogP contribution >= 0.6 is 11.8 Å². The molecule has 0 radical (unpaired) electrons. The number of aryl methyl sites for hydroxylation is 1. The smallest absolute Gasteiger partial charge is 0.336 e. The summed E-state index contributed by atoms with van der Waals surface area (Å²) in [5.41, 5.74) is 5.00. The van der Waals surface area contributed by atoms with Gasteiger partial charge in [0.25, 0.3) is 0 Å². The number of benzene rings is 4. The maximum atomic E-state index is 15.1. The third kappa shape index (κ3) is 6.61. The van der Waals surface area contributed by atoms with Crippen LogP contribution in [0.2, 0.25) is 0 Å². The van der Waals surface area contributed by atoms with Crippen LogP contribution in [0.5, 0.6) is 40.2 Å². The van der Waals surface area contributed by atoms with E-state index in [1.165, 1.54) is 39.0 Å². The Labute approximate surface area is 380 Å². The number of carbonyl (C=O) groups is 3. The molecule has 2 saturated heterocycles. The lowest BCUT2D eigenvalue weighted by molar-refractivity contribution is -0.157. The molecule has 7 heterocycles. The van der Waals surface area contributed by atoms with E-state index in [9.17, 15) is 20.0 Å². The zero-order chi connectivity index (χ0) is 45.5. The number of esters is 3. The minimum absolute atomic E-state index is 0.0263. The van der Waals surface area contributed by atoms with Crippen LogP contribution in [-0.4, -0.2) is 97.9 Å². The summed E-state index contributed by atoms with van der Waals surface area (Å²) in [6, 6.07) is 14.7. The topological polar surface area (TPSA) is 178 Å². The first-order chi connectivity index (χ1) is 31.4. The SMILES string of the molecule is COc1cc2c(cc1OC(=O)/C=C/c1ccccc1)CCN[C@]21CS[C@@H]2c3c(OC(C)=O)c(C)c4c(c3[C@H](COC1=O)N1C2[C@H]2c3c(cc(C)c(OC)c3O)C[C@@H]([C@@H]1C#N)N2C)OCO4. The second kappa shape index (κ2) is 16.3. The highest BCUT2D eigenvalue weighted by atomic mass is 32.2. The number of methoxy groups -OCH3 is 2. The average Bonchev–Trinajstić information content (AvgIpc) is 3.79. The number of hydrogen-bond acceptors (Lipinski definition) is 16. The molecule has 4 aromatic carbocycles. The van der Waals surface area contributed by atoms with Crippen molar-refractivity contribution in [2.45, 2.75) is 74.6 Å². The van der Waals surface area contributed by atoms with Gasteiger partial charge in [0.15, 0.2) is 40.0 Å². The fraction of sp³-hybridized carbons (Fsp3) is 0.388. The van der Waals surface area contributed by atoms with Crippen molar-refractivity contribution in [3.63, 3.8) is 0 Å². The van der Waals surface area contributed by atoms with E-state index in [0.29, 0.717) is 70.2 Å². The van der Waals surface area contributed by atoms with Gasteiger partial charge in [-0.1, -0.05) is 36.4 Å². The first-order valence-electron chi connectivity index (χ1n) is 21.5. The number of aromatic hydroxyl groups is 1. The minimum Gasteiger partial charge on any atom is -0.504 e. The zero-order valence-electron chi connectivity index (χ0n) is 36.8. The van der Waals surface area contributed by atoms with Gasteiger partial charge in [-0.05, 0) is 79.8 Å². The molecule has 4 bridgehead atoms. The van der Waals surface area contributed by atoms with E-state index in [1.807, 2.05) is 57.3 Å². The second-order valence-corrected chi connectivity index (χ2v) is 18.4. The molecule has 7 atom stereocenters. The van der Waals surface area contributed by atoms with E-state index in [0.717, 1.165) is 22.3 Å². The van der Waals surface area contributed by atoms with Crippen molar-refractivity contribution in [3.8, 4) is 46.3 Å². The Hall–Kier alpha value is -6.25. The highest BCUT2D eigenvalue weighted by Crippen LogP contribution is 2.64. The molecule has 4 aromatic rings. The Balaban J connectivity index is 1.15. The monoisotopic (exact) mass is 900 g/mol. The van der Waals surface area contributed by atoms with Gasteiger partial charge >= 0.3 is 17.9 Å². The molecule has 7 aliphatic rings.